The summed E-state index contributed by atoms with van der Waals surface area (Å²) in [6.07, 6.45) is -4.56. The Labute approximate surface area is 435 Å². The molecule has 23 heteroatoms. The number of thioether (sulfide) groups is 1. The van der Waals surface area contributed by atoms with E-state index in [1.807, 2.05) is 20.8 Å². The van der Waals surface area contributed by atoms with Gasteiger partial charge in [0.25, 0.3) is 0 Å². The standard InChI is InChI=1S/C18H30O9S2.C15H25BrO8.C4H8OS.2CH4.K/c1-6-22-8-9-23-10-11-25-15(19)12(3)26-16(20)13(4)27-17(21)14(5)29-18(28)24-7-2;1-5-20-6-7-21-8-9-22-14(18)11(3)24-15(19)12(4)23-13(17)10(2)16;1-3-5-4(2)6;;;/h12-14H,6-11H2,1-5H3;10-12H,5-9H2,1-4H3;3H2,1-2H3;2*1H4;/q;;;;;+1. The van der Waals surface area contributed by atoms with Gasteiger partial charge in [0.2, 0.25) is 4.38 Å². The zero-order valence-corrected chi connectivity index (χ0v) is 44.1. The number of alkyl halides is 1. The molecule has 6 unspecified atom stereocenters. The molecule has 0 aliphatic carbocycles. The fourth-order valence-electron chi connectivity index (χ4n) is 3.18. The van der Waals surface area contributed by atoms with Crippen LogP contribution in [-0.2, 0) is 85.6 Å². The molecular weight excluding hydrogens is 972 g/mol. The van der Waals surface area contributed by atoms with Crippen molar-refractivity contribution in [2.45, 2.75) is 126 Å². The predicted molar refractivity (Wildman–Crippen MR) is 242 cm³/mol. The molecule has 0 rings (SSSR count). The Morgan fingerprint density at radius 2 is 0.790 bits per heavy atom. The van der Waals surface area contributed by atoms with E-state index in [1.54, 1.807) is 27.7 Å². The monoisotopic (exact) mass is 1040 g/mol. The number of halogens is 1. The van der Waals surface area contributed by atoms with Gasteiger partial charge in [-0.2, -0.15) is 0 Å². The molecule has 0 spiro atoms. The van der Waals surface area contributed by atoms with Crippen molar-refractivity contribution in [3.05, 3.63) is 0 Å². The van der Waals surface area contributed by atoms with Crippen LogP contribution in [0.25, 0.3) is 0 Å². The summed E-state index contributed by atoms with van der Waals surface area (Å²) in [5, 5.41) is -0.0353. The molecule has 62 heavy (non-hydrogen) atoms. The SMILES string of the molecule is C.C.CCOC(C)=S.CCOCCOCCOC(=O)C(C)OC(=O)C(C)OC(=O)C(C)Br.CCOCCOCCOC(=O)C(C)OC(=O)C(C)OC(=O)C(C)SC(=S)OCC.[K+]. The van der Waals surface area contributed by atoms with Crippen molar-refractivity contribution in [3.63, 3.8) is 0 Å². The van der Waals surface area contributed by atoms with E-state index in [-0.39, 0.29) is 97.0 Å². The van der Waals surface area contributed by atoms with E-state index in [1.165, 1.54) is 27.7 Å². The van der Waals surface area contributed by atoms with Crippen molar-refractivity contribution in [2.75, 3.05) is 79.3 Å². The second-order valence-corrected chi connectivity index (χ2v) is 15.1. The molecule has 360 valence electrons. The van der Waals surface area contributed by atoms with Crippen LogP contribution >= 0.6 is 52.1 Å². The minimum atomic E-state index is -1.19. The van der Waals surface area contributed by atoms with Gasteiger partial charge in [-0.3, -0.25) is 9.59 Å². The Hall–Kier alpha value is -1.09. The Kier molecular flexibility index (Phi) is 56.0. The van der Waals surface area contributed by atoms with Crippen LogP contribution in [0.4, 0.5) is 0 Å². The minimum absolute atomic E-state index is 0. The van der Waals surface area contributed by atoms with Gasteiger partial charge in [-0.05, 0) is 93.7 Å². The van der Waals surface area contributed by atoms with Gasteiger partial charge in [-0.15, -0.1) is 0 Å². The van der Waals surface area contributed by atoms with E-state index in [0.29, 0.717) is 57.9 Å². The van der Waals surface area contributed by atoms with Gasteiger partial charge in [0, 0.05) is 20.1 Å². The zero-order valence-electron chi connectivity index (χ0n) is 36.9. The van der Waals surface area contributed by atoms with E-state index in [9.17, 15) is 28.8 Å². The number of thiocarbonyl (C=S) groups is 2. The first kappa shape index (κ1) is 72.5. The molecular formula is C39H71BrKO18S3+. The zero-order chi connectivity index (χ0) is 45.8. The van der Waals surface area contributed by atoms with E-state index in [4.69, 9.17) is 69.1 Å². The van der Waals surface area contributed by atoms with Crippen molar-refractivity contribution in [3.8, 4) is 0 Å². The first-order chi connectivity index (χ1) is 27.8. The molecule has 0 aliphatic heterocycles. The fraction of sp³-hybridized carbons (Fsp3) is 0.795. The largest absolute Gasteiger partial charge is 1.00 e. The van der Waals surface area contributed by atoms with E-state index in [2.05, 4.69) is 28.1 Å². The molecule has 0 aliphatic rings. The molecule has 0 radical (unpaired) electrons. The number of hydrogen-bond donors (Lipinski definition) is 0. The van der Waals surface area contributed by atoms with Crippen molar-refractivity contribution in [1.29, 1.82) is 0 Å². The van der Waals surface area contributed by atoms with Gasteiger partial charge in [-0.25, -0.2) is 19.2 Å². The van der Waals surface area contributed by atoms with Crippen molar-refractivity contribution in [1.82, 2.24) is 0 Å². The summed E-state index contributed by atoms with van der Waals surface area (Å²) in [5.74, 6) is -4.37. The number of hydrogen-bond acceptors (Lipinski definition) is 21. The number of ether oxygens (including phenoxy) is 12. The van der Waals surface area contributed by atoms with Crippen molar-refractivity contribution < 1.29 is 137 Å². The number of esters is 6. The van der Waals surface area contributed by atoms with Crippen LogP contribution < -0.4 is 51.4 Å². The Bertz CT molecular complexity index is 1230. The van der Waals surface area contributed by atoms with Crippen LogP contribution in [0.5, 0.6) is 0 Å². The number of carbonyl (C=O) groups is 6. The normalized spacial score (nSPS) is 12.7. The Morgan fingerprint density at radius 3 is 1.11 bits per heavy atom. The molecule has 0 aromatic rings. The summed E-state index contributed by atoms with van der Waals surface area (Å²) >= 11 is 13.6. The van der Waals surface area contributed by atoms with E-state index in [0.717, 1.165) is 11.8 Å². The first-order valence-corrected chi connectivity index (χ1v) is 21.5. The average molecular weight is 1040 g/mol. The van der Waals surface area contributed by atoms with Crippen LogP contribution in [0.2, 0.25) is 0 Å². The van der Waals surface area contributed by atoms with Crippen molar-refractivity contribution in [2.24, 2.45) is 0 Å². The average Bonchev–Trinajstić information content (AvgIpc) is 3.17. The molecule has 0 N–H and O–H groups in total. The van der Waals surface area contributed by atoms with Crippen LogP contribution in [0, 0.1) is 0 Å². The summed E-state index contributed by atoms with van der Waals surface area (Å²) in [5.41, 5.74) is 0. The third-order valence-corrected chi connectivity index (χ3v) is 7.89. The predicted octanol–water partition coefficient (Wildman–Crippen LogP) is 2.77. The van der Waals surface area contributed by atoms with Gasteiger partial charge >= 0.3 is 87.2 Å². The smallest absolute Gasteiger partial charge is 0.488 e. The molecule has 6 atom stereocenters. The Balaban J connectivity index is -0.000000216. The molecule has 0 saturated heterocycles. The maximum Gasteiger partial charge on any atom is 1.00 e. The molecule has 0 bridgehead atoms. The molecule has 0 aromatic carbocycles. The second kappa shape index (κ2) is 47.9. The summed E-state index contributed by atoms with van der Waals surface area (Å²) in [7, 11) is 0. The quantitative estimate of drug-likeness (QED) is 0.0289. The fourth-order valence-corrected chi connectivity index (χ4v) is 4.59. The van der Waals surface area contributed by atoms with Crippen molar-refractivity contribution >= 4 is 97.4 Å². The molecule has 0 amide bonds. The maximum absolute atomic E-state index is 12.0. The second-order valence-electron chi connectivity index (χ2n) is 11.3. The third kappa shape index (κ3) is 44.1. The third-order valence-electron chi connectivity index (χ3n) is 6.14. The molecule has 0 heterocycles. The van der Waals surface area contributed by atoms with Crippen LogP contribution in [-0.4, -0.2) is 159 Å². The summed E-state index contributed by atoms with van der Waals surface area (Å²) in [6.45, 7) is 22.3. The van der Waals surface area contributed by atoms with Crippen LogP contribution in [0.1, 0.15) is 91.0 Å². The summed E-state index contributed by atoms with van der Waals surface area (Å²) in [6, 6.07) is 0. The van der Waals surface area contributed by atoms with Crippen LogP contribution in [0.3, 0.4) is 0 Å². The summed E-state index contributed by atoms with van der Waals surface area (Å²) < 4.78 is 60.3. The van der Waals surface area contributed by atoms with E-state index < -0.39 is 70.3 Å². The number of rotatable bonds is 27. The minimum Gasteiger partial charge on any atom is -0.488 e. The molecule has 0 aromatic heterocycles. The molecule has 18 nitrogen and oxygen atoms in total. The first-order valence-electron chi connectivity index (χ1n) is 18.9. The summed E-state index contributed by atoms with van der Waals surface area (Å²) in [4.78, 5) is 70.1. The van der Waals surface area contributed by atoms with Crippen LogP contribution in [0.15, 0.2) is 0 Å². The van der Waals surface area contributed by atoms with Gasteiger partial charge in [-0.1, -0.05) is 42.5 Å². The van der Waals surface area contributed by atoms with Gasteiger partial charge in [0.15, 0.2) is 29.5 Å². The maximum atomic E-state index is 12.0. The van der Waals surface area contributed by atoms with Gasteiger partial charge in [0.1, 0.15) is 23.3 Å². The molecule has 0 saturated carbocycles. The van der Waals surface area contributed by atoms with E-state index >= 15 is 0 Å². The Morgan fingerprint density at radius 1 is 0.468 bits per heavy atom. The molecule has 0 fully saturated rings. The van der Waals surface area contributed by atoms with Gasteiger partial charge in [0.05, 0.1) is 52.9 Å². The topological polar surface area (TPSA) is 213 Å². The number of carbonyl (C=O) groups excluding carboxylic acids is 6. The van der Waals surface area contributed by atoms with Gasteiger partial charge < -0.3 is 56.8 Å².